The Balaban J connectivity index is 2.13. The summed E-state index contributed by atoms with van der Waals surface area (Å²) < 4.78 is 0. The topological polar surface area (TPSA) is 55.1 Å². The molecule has 0 heterocycles. The second-order valence-electron chi connectivity index (χ2n) is 6.13. The van der Waals surface area contributed by atoms with Crippen LogP contribution in [0.25, 0.3) is 0 Å². The molecule has 1 amide bonds. The number of halogens is 2. The molecule has 0 aliphatic heterocycles. The van der Waals surface area contributed by atoms with Crippen LogP contribution in [0.1, 0.15) is 49.9 Å². The first kappa shape index (κ1) is 16.4. The van der Waals surface area contributed by atoms with Crippen molar-refractivity contribution in [3.63, 3.8) is 0 Å². The fourth-order valence-electron chi connectivity index (χ4n) is 3.10. The smallest absolute Gasteiger partial charge is 0.251 e. The van der Waals surface area contributed by atoms with Gasteiger partial charge in [0.15, 0.2) is 0 Å². The van der Waals surface area contributed by atoms with Crippen LogP contribution in [0.15, 0.2) is 12.1 Å². The van der Waals surface area contributed by atoms with Crippen LogP contribution in [0.3, 0.4) is 0 Å². The quantitative estimate of drug-likeness (QED) is 0.801. The highest BCUT2D eigenvalue weighted by Gasteiger charge is 2.29. The van der Waals surface area contributed by atoms with Crippen LogP contribution in [0.4, 0.5) is 5.69 Å². The number of nitrogens with two attached hydrogens (primary N) is 1. The second-order valence-corrected chi connectivity index (χ2v) is 6.94. The number of amides is 1. The minimum Gasteiger partial charge on any atom is -0.396 e. The molecular formula is C16H22Cl2N2O. The monoisotopic (exact) mass is 328 g/mol. The van der Waals surface area contributed by atoms with Crippen molar-refractivity contribution in [1.29, 1.82) is 0 Å². The van der Waals surface area contributed by atoms with Crippen LogP contribution in [0, 0.1) is 11.8 Å². The molecule has 1 saturated carbocycles. The van der Waals surface area contributed by atoms with Crippen LogP contribution in [0.2, 0.25) is 10.0 Å². The van der Waals surface area contributed by atoms with Crippen molar-refractivity contribution in [2.45, 2.75) is 45.6 Å². The lowest BCUT2D eigenvalue weighted by Gasteiger charge is -2.35. The van der Waals surface area contributed by atoms with Gasteiger partial charge in [-0.1, -0.05) is 49.9 Å². The molecule has 0 bridgehead atoms. The summed E-state index contributed by atoms with van der Waals surface area (Å²) in [7, 11) is 0. The van der Waals surface area contributed by atoms with Crippen LogP contribution < -0.4 is 11.1 Å². The Morgan fingerprint density at radius 1 is 1.24 bits per heavy atom. The Morgan fingerprint density at radius 2 is 1.81 bits per heavy atom. The van der Waals surface area contributed by atoms with E-state index in [1.807, 2.05) is 0 Å². The van der Waals surface area contributed by atoms with Gasteiger partial charge in [-0.3, -0.25) is 4.79 Å². The van der Waals surface area contributed by atoms with E-state index in [9.17, 15) is 4.79 Å². The predicted molar refractivity (Wildman–Crippen MR) is 88.9 cm³/mol. The Morgan fingerprint density at radius 3 is 2.38 bits per heavy atom. The van der Waals surface area contributed by atoms with Gasteiger partial charge in [-0.2, -0.15) is 0 Å². The predicted octanol–water partition coefficient (Wildman–Crippen LogP) is 4.52. The first-order valence-corrected chi connectivity index (χ1v) is 8.21. The number of rotatable bonds is 3. The first-order valence-electron chi connectivity index (χ1n) is 7.45. The van der Waals surface area contributed by atoms with E-state index >= 15 is 0 Å². The van der Waals surface area contributed by atoms with Crippen LogP contribution in [-0.2, 0) is 0 Å². The Hall–Kier alpha value is -0.930. The zero-order valence-corrected chi connectivity index (χ0v) is 14.0. The molecule has 1 aromatic carbocycles. The van der Waals surface area contributed by atoms with Gasteiger partial charge < -0.3 is 11.1 Å². The zero-order chi connectivity index (χ0) is 15.6. The highest BCUT2D eigenvalue weighted by Crippen LogP contribution is 2.31. The molecule has 2 atom stereocenters. The summed E-state index contributed by atoms with van der Waals surface area (Å²) >= 11 is 12.0. The number of benzene rings is 1. The fraction of sp³-hybridized carbons (Fsp3) is 0.562. The summed E-state index contributed by atoms with van der Waals surface area (Å²) in [6.45, 7) is 4.43. The number of hydrogen-bond donors (Lipinski definition) is 2. The van der Waals surface area contributed by atoms with Crippen molar-refractivity contribution in [3.05, 3.63) is 27.7 Å². The SMILES string of the molecule is CC(C)C1CCCCC1NC(=O)c1cc(Cl)c(N)c(Cl)c1. The fourth-order valence-corrected chi connectivity index (χ4v) is 3.59. The van der Waals surface area contributed by atoms with Gasteiger partial charge in [0.1, 0.15) is 0 Å². The molecule has 1 aliphatic carbocycles. The highest BCUT2D eigenvalue weighted by molar-refractivity contribution is 6.39. The number of nitrogens with one attached hydrogen (secondary N) is 1. The zero-order valence-electron chi connectivity index (χ0n) is 12.5. The number of nitrogen functional groups attached to an aromatic ring is 1. The minimum atomic E-state index is -0.128. The van der Waals surface area contributed by atoms with Crippen LogP contribution >= 0.6 is 23.2 Å². The molecule has 21 heavy (non-hydrogen) atoms. The van der Waals surface area contributed by atoms with Crippen LogP contribution in [-0.4, -0.2) is 11.9 Å². The molecule has 0 aromatic heterocycles. The van der Waals surface area contributed by atoms with Crippen LogP contribution in [0.5, 0.6) is 0 Å². The average Bonchev–Trinajstić information content (AvgIpc) is 2.44. The molecule has 0 spiro atoms. The van der Waals surface area contributed by atoms with E-state index in [0.717, 1.165) is 12.8 Å². The third-order valence-corrected chi connectivity index (χ3v) is 4.96. The van der Waals surface area contributed by atoms with E-state index in [1.54, 1.807) is 12.1 Å². The molecule has 1 aliphatic rings. The summed E-state index contributed by atoms with van der Waals surface area (Å²) in [5, 5.41) is 3.78. The number of hydrogen-bond acceptors (Lipinski definition) is 2. The molecular weight excluding hydrogens is 307 g/mol. The number of carbonyl (C=O) groups is 1. The lowest BCUT2D eigenvalue weighted by atomic mass is 9.78. The molecule has 0 saturated heterocycles. The normalized spacial score (nSPS) is 22.3. The van der Waals surface area contributed by atoms with Crippen molar-refractivity contribution in [2.75, 3.05) is 5.73 Å². The summed E-state index contributed by atoms with van der Waals surface area (Å²) in [5.41, 5.74) is 6.48. The van der Waals surface area contributed by atoms with Gasteiger partial charge in [0, 0.05) is 11.6 Å². The van der Waals surface area contributed by atoms with E-state index in [1.165, 1.54) is 12.8 Å². The van der Waals surface area contributed by atoms with E-state index in [2.05, 4.69) is 19.2 Å². The minimum absolute atomic E-state index is 0.128. The highest BCUT2D eigenvalue weighted by atomic mass is 35.5. The molecule has 2 unspecified atom stereocenters. The van der Waals surface area contributed by atoms with Crippen molar-refractivity contribution in [2.24, 2.45) is 11.8 Å². The maximum atomic E-state index is 12.4. The Kier molecular flexibility index (Phi) is 5.39. The third-order valence-electron chi connectivity index (χ3n) is 4.33. The van der Waals surface area contributed by atoms with Gasteiger partial charge in [-0.25, -0.2) is 0 Å². The molecule has 3 nitrogen and oxygen atoms in total. The van der Waals surface area contributed by atoms with Crippen molar-refractivity contribution >= 4 is 34.8 Å². The van der Waals surface area contributed by atoms with E-state index in [0.29, 0.717) is 33.1 Å². The third kappa shape index (κ3) is 3.83. The summed E-state index contributed by atoms with van der Waals surface area (Å²) in [6, 6.07) is 3.37. The van der Waals surface area contributed by atoms with Crippen molar-refractivity contribution in [3.8, 4) is 0 Å². The molecule has 3 N–H and O–H groups in total. The van der Waals surface area contributed by atoms with Gasteiger partial charge in [-0.05, 0) is 36.8 Å². The lowest BCUT2D eigenvalue weighted by Crippen LogP contribution is -2.43. The summed E-state index contributed by atoms with van der Waals surface area (Å²) in [5.74, 6) is 0.966. The van der Waals surface area contributed by atoms with E-state index in [-0.39, 0.29) is 11.9 Å². The van der Waals surface area contributed by atoms with Gasteiger partial charge in [0.2, 0.25) is 0 Å². The van der Waals surface area contributed by atoms with Gasteiger partial charge in [0.05, 0.1) is 15.7 Å². The second kappa shape index (κ2) is 6.89. The average molecular weight is 329 g/mol. The molecule has 1 aromatic rings. The van der Waals surface area contributed by atoms with Gasteiger partial charge in [-0.15, -0.1) is 0 Å². The maximum absolute atomic E-state index is 12.4. The van der Waals surface area contributed by atoms with Crippen molar-refractivity contribution in [1.82, 2.24) is 5.32 Å². The molecule has 1 fully saturated rings. The van der Waals surface area contributed by atoms with Crippen molar-refractivity contribution < 1.29 is 4.79 Å². The molecule has 116 valence electrons. The Bertz CT molecular complexity index is 508. The van der Waals surface area contributed by atoms with Gasteiger partial charge >= 0.3 is 0 Å². The largest absolute Gasteiger partial charge is 0.396 e. The molecule has 5 heteroatoms. The van der Waals surface area contributed by atoms with Gasteiger partial charge in [0.25, 0.3) is 5.91 Å². The van der Waals surface area contributed by atoms with E-state index < -0.39 is 0 Å². The lowest BCUT2D eigenvalue weighted by molar-refractivity contribution is 0.0889. The van der Waals surface area contributed by atoms with E-state index in [4.69, 9.17) is 28.9 Å². The summed E-state index contributed by atoms with van der Waals surface area (Å²) in [4.78, 5) is 12.4. The number of anilines is 1. The standard InChI is InChI=1S/C16H22Cl2N2O/c1-9(2)11-5-3-4-6-14(11)20-16(21)10-7-12(17)15(19)13(18)8-10/h7-9,11,14H,3-6,19H2,1-2H3,(H,20,21). The number of carbonyl (C=O) groups excluding carboxylic acids is 1. The molecule has 2 rings (SSSR count). The molecule has 0 radical (unpaired) electrons. The first-order chi connectivity index (χ1) is 9.90. The summed E-state index contributed by atoms with van der Waals surface area (Å²) in [6.07, 6.45) is 4.61. The Labute approximate surface area is 136 Å². The maximum Gasteiger partial charge on any atom is 0.251 e.